The number of aliphatic imine (C=N–C) groups is 1. The van der Waals surface area contributed by atoms with E-state index in [1.165, 1.54) is 5.56 Å². The molecule has 0 saturated heterocycles. The summed E-state index contributed by atoms with van der Waals surface area (Å²) in [6, 6.07) is 13.1. The van der Waals surface area contributed by atoms with Crippen LogP contribution in [-0.4, -0.2) is 48.7 Å². The molecule has 0 amide bonds. The van der Waals surface area contributed by atoms with Gasteiger partial charge in [0.05, 0.1) is 12.2 Å². The predicted molar refractivity (Wildman–Crippen MR) is 131 cm³/mol. The molecule has 0 aliphatic heterocycles. The van der Waals surface area contributed by atoms with Crippen LogP contribution < -0.4 is 10.6 Å². The molecule has 0 radical (unpaired) electrons. The van der Waals surface area contributed by atoms with Crippen LogP contribution in [0.1, 0.15) is 50.6 Å². The highest BCUT2D eigenvalue weighted by molar-refractivity contribution is 14.0. The standard InChI is InChI=1S/C22H35N5O.HI/c1-6-27(7-2)19(13-18-11-9-8-10-12-18)15-24-22(23-5)25-16-20-14-21(17(3)4)26-28-20;/h8-12,14,17,19H,6-7,13,15-16H2,1-5H3,(H2,23,24,25);1H. The molecule has 1 aromatic heterocycles. The van der Waals surface area contributed by atoms with Gasteiger partial charge in [0.2, 0.25) is 0 Å². The molecule has 6 nitrogen and oxygen atoms in total. The highest BCUT2D eigenvalue weighted by atomic mass is 127. The number of rotatable bonds is 10. The normalized spacial score (nSPS) is 12.7. The molecule has 2 rings (SSSR count). The second kappa shape index (κ2) is 13.6. The van der Waals surface area contributed by atoms with Crippen molar-refractivity contribution >= 4 is 29.9 Å². The highest BCUT2D eigenvalue weighted by Gasteiger charge is 2.17. The minimum atomic E-state index is 0. The third kappa shape index (κ3) is 8.34. The van der Waals surface area contributed by atoms with Gasteiger partial charge in [-0.3, -0.25) is 9.89 Å². The van der Waals surface area contributed by atoms with Crippen LogP contribution in [0.3, 0.4) is 0 Å². The second-order valence-corrected chi connectivity index (χ2v) is 7.24. The number of hydrogen-bond acceptors (Lipinski definition) is 4. The summed E-state index contributed by atoms with van der Waals surface area (Å²) in [5, 5.41) is 10.9. The maximum Gasteiger partial charge on any atom is 0.191 e. The predicted octanol–water partition coefficient (Wildman–Crippen LogP) is 4.03. The lowest BCUT2D eigenvalue weighted by molar-refractivity contribution is 0.215. The molecule has 0 aliphatic rings. The van der Waals surface area contributed by atoms with Gasteiger partial charge in [0.15, 0.2) is 11.7 Å². The van der Waals surface area contributed by atoms with Crippen LogP contribution in [0.25, 0.3) is 0 Å². The smallest absolute Gasteiger partial charge is 0.191 e. The molecular weight excluding hydrogens is 477 g/mol. The zero-order valence-corrected chi connectivity index (χ0v) is 20.6. The van der Waals surface area contributed by atoms with Crippen molar-refractivity contribution in [2.45, 2.75) is 52.6 Å². The molecule has 0 aliphatic carbocycles. The van der Waals surface area contributed by atoms with Crippen molar-refractivity contribution in [2.75, 3.05) is 26.7 Å². The Morgan fingerprint density at radius 2 is 1.83 bits per heavy atom. The molecule has 2 aromatic rings. The van der Waals surface area contributed by atoms with E-state index in [4.69, 9.17) is 4.52 Å². The van der Waals surface area contributed by atoms with Gasteiger partial charge in [0, 0.05) is 25.7 Å². The molecule has 1 atom stereocenters. The zero-order valence-electron chi connectivity index (χ0n) is 18.3. The molecule has 2 N–H and O–H groups in total. The summed E-state index contributed by atoms with van der Waals surface area (Å²) in [6.07, 6.45) is 1.01. The van der Waals surface area contributed by atoms with Crippen molar-refractivity contribution in [1.82, 2.24) is 20.7 Å². The van der Waals surface area contributed by atoms with Crippen LogP contribution in [-0.2, 0) is 13.0 Å². The highest BCUT2D eigenvalue weighted by Crippen LogP contribution is 2.13. The number of guanidine groups is 1. The number of halogens is 1. The van der Waals surface area contributed by atoms with Gasteiger partial charge in [-0.15, -0.1) is 24.0 Å². The Labute approximate surface area is 192 Å². The third-order valence-electron chi connectivity index (χ3n) is 4.97. The van der Waals surface area contributed by atoms with Gasteiger partial charge >= 0.3 is 0 Å². The van der Waals surface area contributed by atoms with Crippen molar-refractivity contribution in [3.05, 3.63) is 53.4 Å². The van der Waals surface area contributed by atoms with E-state index in [0.29, 0.717) is 18.5 Å². The number of benzene rings is 1. The molecular formula is C22H36IN5O. The quantitative estimate of drug-likeness (QED) is 0.285. The second-order valence-electron chi connectivity index (χ2n) is 7.24. The van der Waals surface area contributed by atoms with Gasteiger partial charge < -0.3 is 15.2 Å². The first-order valence-corrected chi connectivity index (χ1v) is 10.2. The topological polar surface area (TPSA) is 65.7 Å². The minimum Gasteiger partial charge on any atom is -0.359 e. The van der Waals surface area contributed by atoms with E-state index >= 15 is 0 Å². The van der Waals surface area contributed by atoms with E-state index in [0.717, 1.165) is 43.5 Å². The number of nitrogens with one attached hydrogen (secondary N) is 2. The van der Waals surface area contributed by atoms with Crippen molar-refractivity contribution in [1.29, 1.82) is 0 Å². The van der Waals surface area contributed by atoms with Gasteiger partial charge in [-0.2, -0.15) is 0 Å². The van der Waals surface area contributed by atoms with Gasteiger partial charge in [-0.25, -0.2) is 0 Å². The fourth-order valence-electron chi connectivity index (χ4n) is 3.25. The van der Waals surface area contributed by atoms with Gasteiger partial charge in [0.1, 0.15) is 0 Å². The first-order chi connectivity index (χ1) is 13.6. The van der Waals surface area contributed by atoms with E-state index < -0.39 is 0 Å². The molecule has 0 bridgehead atoms. The van der Waals surface area contributed by atoms with E-state index in [1.807, 2.05) is 6.07 Å². The van der Waals surface area contributed by atoms with Crippen LogP contribution in [0.15, 0.2) is 45.9 Å². The Bertz CT molecular complexity index is 713. The maximum atomic E-state index is 5.39. The zero-order chi connectivity index (χ0) is 20.4. The Morgan fingerprint density at radius 1 is 1.14 bits per heavy atom. The van der Waals surface area contributed by atoms with Crippen LogP contribution in [0.4, 0.5) is 0 Å². The SMILES string of the molecule is CCN(CC)C(CNC(=NC)NCc1cc(C(C)C)no1)Cc1ccccc1.I. The largest absolute Gasteiger partial charge is 0.359 e. The summed E-state index contributed by atoms with van der Waals surface area (Å²) in [5.74, 6) is 1.95. The summed E-state index contributed by atoms with van der Waals surface area (Å²) in [4.78, 5) is 6.83. The first kappa shape index (κ1) is 25.4. The van der Waals surface area contributed by atoms with Crippen molar-refractivity contribution in [2.24, 2.45) is 4.99 Å². The summed E-state index contributed by atoms with van der Waals surface area (Å²) < 4.78 is 5.39. The maximum absolute atomic E-state index is 5.39. The van der Waals surface area contributed by atoms with Crippen LogP contribution in [0, 0.1) is 0 Å². The van der Waals surface area contributed by atoms with Gasteiger partial charge in [-0.05, 0) is 31.0 Å². The summed E-state index contributed by atoms with van der Waals surface area (Å²) in [6.45, 7) is 12.1. The van der Waals surface area contributed by atoms with E-state index in [1.54, 1.807) is 7.05 Å². The Kier molecular flexibility index (Phi) is 11.9. The molecule has 7 heteroatoms. The Hall–Kier alpha value is -1.61. The van der Waals surface area contributed by atoms with Crippen LogP contribution >= 0.6 is 24.0 Å². The summed E-state index contributed by atoms with van der Waals surface area (Å²) in [5.41, 5.74) is 2.33. The molecule has 162 valence electrons. The monoisotopic (exact) mass is 513 g/mol. The molecule has 0 spiro atoms. The van der Waals surface area contributed by atoms with E-state index in [9.17, 15) is 0 Å². The Morgan fingerprint density at radius 3 is 2.38 bits per heavy atom. The number of likely N-dealkylation sites (N-methyl/N-ethyl adjacent to an activating group) is 1. The molecule has 1 unspecified atom stereocenters. The summed E-state index contributed by atoms with van der Waals surface area (Å²) in [7, 11) is 1.79. The number of hydrogen-bond donors (Lipinski definition) is 2. The first-order valence-electron chi connectivity index (χ1n) is 10.2. The fourth-order valence-corrected chi connectivity index (χ4v) is 3.25. The van der Waals surface area contributed by atoms with Crippen LogP contribution in [0.5, 0.6) is 0 Å². The summed E-state index contributed by atoms with van der Waals surface area (Å²) >= 11 is 0. The van der Waals surface area contributed by atoms with E-state index in [-0.39, 0.29) is 24.0 Å². The average molecular weight is 513 g/mol. The molecule has 1 aromatic carbocycles. The lowest BCUT2D eigenvalue weighted by atomic mass is 10.0. The van der Waals surface area contributed by atoms with Crippen molar-refractivity contribution < 1.29 is 4.52 Å². The van der Waals surface area contributed by atoms with Gasteiger partial charge in [0.25, 0.3) is 0 Å². The molecule has 0 saturated carbocycles. The average Bonchev–Trinajstić information content (AvgIpc) is 3.19. The fraction of sp³-hybridized carbons (Fsp3) is 0.545. The third-order valence-corrected chi connectivity index (χ3v) is 4.97. The minimum absolute atomic E-state index is 0. The molecule has 0 fully saturated rings. The van der Waals surface area contributed by atoms with E-state index in [2.05, 4.69) is 83.7 Å². The molecule has 1 heterocycles. The van der Waals surface area contributed by atoms with Crippen LogP contribution in [0.2, 0.25) is 0 Å². The Balaban J connectivity index is 0.00000420. The van der Waals surface area contributed by atoms with Crippen molar-refractivity contribution in [3.63, 3.8) is 0 Å². The number of nitrogens with zero attached hydrogens (tertiary/aromatic N) is 3. The lowest BCUT2D eigenvalue weighted by Crippen LogP contribution is -2.48. The van der Waals surface area contributed by atoms with Crippen molar-refractivity contribution in [3.8, 4) is 0 Å². The van der Waals surface area contributed by atoms with Gasteiger partial charge in [-0.1, -0.05) is 63.2 Å². The molecule has 29 heavy (non-hydrogen) atoms. The number of aromatic nitrogens is 1. The lowest BCUT2D eigenvalue weighted by Gasteiger charge is -2.30.